The van der Waals surface area contributed by atoms with Crippen LogP contribution in [0, 0.1) is 0 Å². The van der Waals surface area contributed by atoms with Gasteiger partial charge in [-0.15, -0.1) is 0 Å². The minimum absolute atomic E-state index is 0.323. The topological polar surface area (TPSA) is 60.2 Å². The van der Waals surface area contributed by atoms with Gasteiger partial charge in [0.05, 0.1) is 0 Å². The van der Waals surface area contributed by atoms with Gasteiger partial charge in [-0.1, -0.05) is 45.4 Å². The first kappa shape index (κ1) is 13.1. The van der Waals surface area contributed by atoms with Crippen molar-refractivity contribution in [2.45, 2.75) is 58.3 Å². The van der Waals surface area contributed by atoms with Crippen LogP contribution in [0.15, 0.2) is 0 Å². The fraction of sp³-hybridized carbons (Fsp3) is 0.818. The van der Waals surface area contributed by atoms with Crippen molar-refractivity contribution in [2.24, 2.45) is 5.73 Å². The molecule has 0 atom stereocenters. The quantitative estimate of drug-likeness (QED) is 0.457. The van der Waals surface area contributed by atoms with Crippen LogP contribution in [0.5, 0.6) is 0 Å². The van der Waals surface area contributed by atoms with E-state index in [-0.39, 0.29) is 0 Å². The second kappa shape index (κ2) is 8.73. The SMILES string of the molecule is CCCCCCCCCC(=O)C(N)=O. The van der Waals surface area contributed by atoms with Gasteiger partial charge >= 0.3 is 0 Å². The van der Waals surface area contributed by atoms with E-state index >= 15 is 0 Å². The zero-order valence-electron chi connectivity index (χ0n) is 9.05. The van der Waals surface area contributed by atoms with Crippen molar-refractivity contribution in [1.82, 2.24) is 0 Å². The van der Waals surface area contributed by atoms with Gasteiger partial charge in [-0.25, -0.2) is 0 Å². The summed E-state index contributed by atoms with van der Waals surface area (Å²) in [6, 6.07) is 0. The number of Topliss-reactive ketones (excluding diaryl/α,β-unsaturated/α-hetero) is 1. The second-order valence-electron chi connectivity index (χ2n) is 3.66. The molecule has 14 heavy (non-hydrogen) atoms. The minimum atomic E-state index is -0.795. The van der Waals surface area contributed by atoms with Gasteiger partial charge in [0.15, 0.2) is 0 Å². The second-order valence-corrected chi connectivity index (χ2v) is 3.66. The highest BCUT2D eigenvalue weighted by Crippen LogP contribution is 2.08. The summed E-state index contributed by atoms with van der Waals surface area (Å²) in [6.07, 6.45) is 8.37. The summed E-state index contributed by atoms with van der Waals surface area (Å²) in [4.78, 5) is 21.2. The molecule has 0 heterocycles. The number of carbonyl (C=O) groups excluding carboxylic acids is 2. The predicted molar refractivity (Wildman–Crippen MR) is 56.8 cm³/mol. The van der Waals surface area contributed by atoms with E-state index < -0.39 is 11.7 Å². The molecule has 0 saturated heterocycles. The molecule has 0 unspecified atom stereocenters. The predicted octanol–water partition coefficient (Wildman–Crippen LogP) is 2.18. The molecule has 0 saturated carbocycles. The summed E-state index contributed by atoms with van der Waals surface area (Å²) >= 11 is 0. The van der Waals surface area contributed by atoms with Crippen LogP contribution in [0.3, 0.4) is 0 Å². The van der Waals surface area contributed by atoms with Crippen LogP contribution in [0.1, 0.15) is 58.3 Å². The molecule has 3 heteroatoms. The Kier molecular flexibility index (Phi) is 8.19. The van der Waals surface area contributed by atoms with E-state index in [2.05, 4.69) is 6.92 Å². The molecule has 0 radical (unpaired) electrons. The lowest BCUT2D eigenvalue weighted by Gasteiger charge is -1.99. The fourth-order valence-electron chi connectivity index (χ4n) is 1.37. The van der Waals surface area contributed by atoms with E-state index in [1.54, 1.807) is 0 Å². The highest BCUT2D eigenvalue weighted by molar-refractivity contribution is 6.35. The lowest BCUT2D eigenvalue weighted by atomic mass is 10.1. The number of primary amides is 1. The molecule has 1 amide bonds. The summed E-state index contributed by atoms with van der Waals surface area (Å²) in [5, 5.41) is 0. The van der Waals surface area contributed by atoms with E-state index in [4.69, 9.17) is 5.73 Å². The van der Waals surface area contributed by atoms with Crippen LogP contribution >= 0.6 is 0 Å². The highest BCUT2D eigenvalue weighted by atomic mass is 16.2. The van der Waals surface area contributed by atoms with Crippen LogP contribution < -0.4 is 5.73 Å². The number of hydrogen-bond donors (Lipinski definition) is 1. The summed E-state index contributed by atoms with van der Waals surface area (Å²) in [6.45, 7) is 2.19. The Labute approximate surface area is 86.1 Å². The molecule has 3 nitrogen and oxygen atoms in total. The molecule has 0 aliphatic carbocycles. The molecule has 0 aromatic rings. The summed E-state index contributed by atoms with van der Waals surface area (Å²) in [5.41, 5.74) is 4.83. The van der Waals surface area contributed by atoms with Gasteiger partial charge < -0.3 is 5.73 Å². The first-order chi connectivity index (χ1) is 6.68. The van der Waals surface area contributed by atoms with E-state index in [1.807, 2.05) is 0 Å². The Bertz CT molecular complexity index is 178. The minimum Gasteiger partial charge on any atom is -0.363 e. The lowest BCUT2D eigenvalue weighted by molar-refractivity contribution is -0.136. The van der Waals surface area contributed by atoms with E-state index in [9.17, 15) is 9.59 Å². The molecular weight excluding hydrogens is 178 g/mol. The number of hydrogen-bond acceptors (Lipinski definition) is 2. The normalized spacial score (nSPS) is 10.1. The first-order valence-electron chi connectivity index (χ1n) is 5.51. The maximum Gasteiger partial charge on any atom is 0.284 e. The van der Waals surface area contributed by atoms with Crippen LogP contribution in [-0.4, -0.2) is 11.7 Å². The Balaban J connectivity index is 3.13. The largest absolute Gasteiger partial charge is 0.363 e. The molecule has 0 rings (SSSR count). The third-order valence-electron chi connectivity index (χ3n) is 2.28. The molecule has 0 fully saturated rings. The fourth-order valence-corrected chi connectivity index (χ4v) is 1.37. The summed E-state index contributed by atoms with van der Waals surface area (Å²) in [5.74, 6) is -1.23. The molecule has 2 N–H and O–H groups in total. The van der Waals surface area contributed by atoms with Crippen molar-refractivity contribution < 1.29 is 9.59 Å². The summed E-state index contributed by atoms with van der Waals surface area (Å²) < 4.78 is 0. The van der Waals surface area contributed by atoms with E-state index in [1.165, 1.54) is 25.7 Å². The van der Waals surface area contributed by atoms with Crippen molar-refractivity contribution in [2.75, 3.05) is 0 Å². The zero-order valence-corrected chi connectivity index (χ0v) is 9.05. The van der Waals surface area contributed by atoms with Gasteiger partial charge in [0.1, 0.15) is 0 Å². The molecular formula is C11H21NO2. The number of rotatable bonds is 9. The van der Waals surface area contributed by atoms with Crippen molar-refractivity contribution in [3.05, 3.63) is 0 Å². The molecule has 0 bridgehead atoms. The standard InChI is InChI=1S/C11H21NO2/c1-2-3-4-5-6-7-8-9-10(13)11(12)14/h2-9H2,1H3,(H2,12,14). The average molecular weight is 199 g/mol. The smallest absolute Gasteiger partial charge is 0.284 e. The third-order valence-corrected chi connectivity index (χ3v) is 2.28. The Hall–Kier alpha value is -0.860. The van der Waals surface area contributed by atoms with Crippen molar-refractivity contribution in [3.8, 4) is 0 Å². The number of nitrogens with two attached hydrogens (primary N) is 1. The maximum absolute atomic E-state index is 10.8. The Morgan fingerprint density at radius 1 is 0.929 bits per heavy atom. The molecule has 0 aromatic heterocycles. The third kappa shape index (κ3) is 7.77. The van der Waals surface area contributed by atoms with Gasteiger partial charge in [-0.3, -0.25) is 9.59 Å². The highest BCUT2D eigenvalue weighted by Gasteiger charge is 2.06. The molecule has 0 aliphatic heterocycles. The number of unbranched alkanes of at least 4 members (excludes halogenated alkanes) is 6. The monoisotopic (exact) mass is 199 g/mol. The first-order valence-corrected chi connectivity index (χ1v) is 5.51. The van der Waals surface area contributed by atoms with E-state index in [0.29, 0.717) is 6.42 Å². The van der Waals surface area contributed by atoms with Crippen LogP contribution in [0.2, 0.25) is 0 Å². The zero-order chi connectivity index (χ0) is 10.8. The Morgan fingerprint density at radius 2 is 1.43 bits per heavy atom. The van der Waals surface area contributed by atoms with Gasteiger partial charge in [0.2, 0.25) is 5.78 Å². The summed E-state index contributed by atoms with van der Waals surface area (Å²) in [7, 11) is 0. The van der Waals surface area contributed by atoms with Crippen LogP contribution in [0.4, 0.5) is 0 Å². The number of amides is 1. The number of ketones is 1. The maximum atomic E-state index is 10.8. The number of carbonyl (C=O) groups is 2. The van der Waals surface area contributed by atoms with Gasteiger partial charge in [0.25, 0.3) is 5.91 Å². The van der Waals surface area contributed by atoms with Gasteiger partial charge in [-0.2, -0.15) is 0 Å². The van der Waals surface area contributed by atoms with Crippen molar-refractivity contribution >= 4 is 11.7 Å². The molecule has 0 spiro atoms. The van der Waals surface area contributed by atoms with Gasteiger partial charge in [-0.05, 0) is 6.42 Å². The van der Waals surface area contributed by atoms with Crippen molar-refractivity contribution in [3.63, 3.8) is 0 Å². The molecule has 0 aromatic carbocycles. The molecule has 0 aliphatic rings. The Morgan fingerprint density at radius 3 is 1.93 bits per heavy atom. The van der Waals surface area contributed by atoms with Crippen molar-refractivity contribution in [1.29, 1.82) is 0 Å². The molecule has 82 valence electrons. The van der Waals surface area contributed by atoms with E-state index in [0.717, 1.165) is 19.3 Å². The van der Waals surface area contributed by atoms with Crippen LogP contribution in [-0.2, 0) is 9.59 Å². The average Bonchev–Trinajstić information content (AvgIpc) is 2.16. The van der Waals surface area contributed by atoms with Crippen LogP contribution in [0.25, 0.3) is 0 Å². The lowest BCUT2D eigenvalue weighted by Crippen LogP contribution is -2.22. The van der Waals surface area contributed by atoms with Gasteiger partial charge in [0, 0.05) is 6.42 Å².